The van der Waals surface area contributed by atoms with Gasteiger partial charge in [-0.1, -0.05) is 37.3 Å². The van der Waals surface area contributed by atoms with Gasteiger partial charge in [0, 0.05) is 18.3 Å². The van der Waals surface area contributed by atoms with E-state index < -0.39 is 0 Å². The third-order valence-electron chi connectivity index (χ3n) is 3.13. The van der Waals surface area contributed by atoms with Crippen molar-refractivity contribution in [1.29, 1.82) is 0 Å². The highest BCUT2D eigenvalue weighted by molar-refractivity contribution is 7.99. The number of benzene rings is 1. The molecule has 2 unspecified atom stereocenters. The third kappa shape index (κ3) is 6.18. The summed E-state index contributed by atoms with van der Waals surface area (Å²) in [5, 5.41) is 2.83. The van der Waals surface area contributed by atoms with Crippen molar-refractivity contribution in [1.82, 2.24) is 5.32 Å². The van der Waals surface area contributed by atoms with E-state index in [1.807, 2.05) is 37.3 Å². The van der Waals surface area contributed by atoms with Crippen LogP contribution in [0, 0.1) is 5.92 Å². The fourth-order valence-corrected chi connectivity index (χ4v) is 2.42. The number of hydrogen-bond donors (Lipinski definition) is 2. The van der Waals surface area contributed by atoms with E-state index in [0.29, 0.717) is 18.1 Å². The molecule has 0 aromatic heterocycles. The molecule has 0 saturated carbocycles. The van der Waals surface area contributed by atoms with Gasteiger partial charge >= 0.3 is 5.97 Å². The SMILES string of the molecule is COC(=O)CSCCNC(=O)C(C)C(N)c1ccccc1. The van der Waals surface area contributed by atoms with E-state index in [1.54, 1.807) is 0 Å². The molecule has 0 heterocycles. The van der Waals surface area contributed by atoms with E-state index in [9.17, 15) is 9.59 Å². The Kier molecular flexibility index (Phi) is 7.85. The van der Waals surface area contributed by atoms with Gasteiger partial charge in [-0.2, -0.15) is 0 Å². The number of rotatable bonds is 8. The number of ether oxygens (including phenoxy) is 1. The number of methoxy groups -OCH3 is 1. The monoisotopic (exact) mass is 310 g/mol. The summed E-state index contributed by atoms with van der Waals surface area (Å²) in [4.78, 5) is 22.9. The van der Waals surface area contributed by atoms with Gasteiger partial charge in [0.1, 0.15) is 0 Å². The molecule has 0 saturated heterocycles. The quantitative estimate of drug-likeness (QED) is 0.559. The Balaban J connectivity index is 2.30. The second-order valence-electron chi connectivity index (χ2n) is 4.64. The molecule has 1 aromatic rings. The van der Waals surface area contributed by atoms with E-state index in [4.69, 9.17) is 5.73 Å². The standard InChI is InChI=1S/C15H22N2O3S/c1-11(14(16)12-6-4-3-5-7-12)15(19)17-8-9-21-10-13(18)20-2/h3-7,11,14H,8-10,16H2,1-2H3,(H,17,19). The van der Waals surface area contributed by atoms with Gasteiger partial charge in [-0.25, -0.2) is 0 Å². The first-order valence-corrected chi connectivity index (χ1v) is 7.94. The van der Waals surface area contributed by atoms with E-state index in [2.05, 4.69) is 10.1 Å². The number of carbonyl (C=O) groups excluding carboxylic acids is 2. The summed E-state index contributed by atoms with van der Waals surface area (Å²) >= 11 is 1.42. The Morgan fingerprint density at radius 2 is 2.00 bits per heavy atom. The first-order valence-electron chi connectivity index (χ1n) is 6.79. The molecule has 1 amide bonds. The molecule has 0 spiro atoms. The Morgan fingerprint density at radius 1 is 1.33 bits per heavy atom. The molecule has 2 atom stereocenters. The summed E-state index contributed by atoms with van der Waals surface area (Å²) < 4.78 is 4.53. The molecule has 1 rings (SSSR count). The number of hydrogen-bond acceptors (Lipinski definition) is 5. The van der Waals surface area contributed by atoms with Gasteiger partial charge in [0.05, 0.1) is 18.8 Å². The van der Waals surface area contributed by atoms with Gasteiger partial charge in [0.15, 0.2) is 0 Å². The molecule has 5 nitrogen and oxygen atoms in total. The minimum Gasteiger partial charge on any atom is -0.468 e. The zero-order chi connectivity index (χ0) is 15.7. The second-order valence-corrected chi connectivity index (χ2v) is 5.75. The van der Waals surface area contributed by atoms with Gasteiger partial charge in [-0.15, -0.1) is 11.8 Å². The van der Waals surface area contributed by atoms with Crippen molar-refractivity contribution in [3.8, 4) is 0 Å². The second kappa shape index (κ2) is 9.41. The average Bonchev–Trinajstić information content (AvgIpc) is 2.53. The van der Waals surface area contributed by atoms with Gasteiger partial charge < -0.3 is 15.8 Å². The molecule has 0 bridgehead atoms. The third-order valence-corrected chi connectivity index (χ3v) is 4.06. The molecule has 21 heavy (non-hydrogen) atoms. The Hall–Kier alpha value is -1.53. The average molecular weight is 310 g/mol. The summed E-state index contributed by atoms with van der Waals surface area (Å²) in [5.41, 5.74) is 7.05. The highest BCUT2D eigenvalue weighted by Crippen LogP contribution is 2.18. The first kappa shape index (κ1) is 17.5. The maximum absolute atomic E-state index is 12.0. The van der Waals surface area contributed by atoms with Crippen molar-refractivity contribution in [3.05, 3.63) is 35.9 Å². The van der Waals surface area contributed by atoms with Gasteiger partial charge in [0.2, 0.25) is 5.91 Å². The molecular formula is C15H22N2O3S. The van der Waals surface area contributed by atoms with Crippen LogP contribution < -0.4 is 11.1 Å². The lowest BCUT2D eigenvalue weighted by molar-refractivity contribution is -0.137. The molecule has 116 valence electrons. The van der Waals surface area contributed by atoms with E-state index in [0.717, 1.165) is 5.56 Å². The van der Waals surface area contributed by atoms with Crippen LogP contribution in [-0.4, -0.2) is 37.0 Å². The van der Waals surface area contributed by atoms with E-state index in [-0.39, 0.29) is 23.8 Å². The molecular weight excluding hydrogens is 288 g/mol. The predicted octanol–water partition coefficient (Wildman–Crippen LogP) is 1.34. The topological polar surface area (TPSA) is 81.4 Å². The van der Waals surface area contributed by atoms with Crippen molar-refractivity contribution in [3.63, 3.8) is 0 Å². The summed E-state index contributed by atoms with van der Waals surface area (Å²) in [6.07, 6.45) is 0. The number of nitrogens with two attached hydrogens (primary N) is 1. The van der Waals surface area contributed by atoms with Gasteiger partial charge in [-0.3, -0.25) is 9.59 Å². The number of nitrogens with one attached hydrogen (secondary N) is 1. The number of esters is 1. The molecule has 1 aromatic carbocycles. The fraction of sp³-hybridized carbons (Fsp3) is 0.467. The lowest BCUT2D eigenvalue weighted by Gasteiger charge is -2.19. The highest BCUT2D eigenvalue weighted by atomic mass is 32.2. The smallest absolute Gasteiger partial charge is 0.315 e. The van der Waals surface area contributed by atoms with Crippen LogP contribution in [0.2, 0.25) is 0 Å². The minimum atomic E-state index is -0.325. The van der Waals surface area contributed by atoms with Crippen LogP contribution in [0.15, 0.2) is 30.3 Å². The van der Waals surface area contributed by atoms with Crippen molar-refractivity contribution >= 4 is 23.6 Å². The maximum atomic E-state index is 12.0. The lowest BCUT2D eigenvalue weighted by Crippen LogP contribution is -2.36. The van der Waals surface area contributed by atoms with Crippen LogP contribution in [0.1, 0.15) is 18.5 Å². The zero-order valence-corrected chi connectivity index (χ0v) is 13.2. The molecule has 0 aliphatic heterocycles. The van der Waals surface area contributed by atoms with Gasteiger partial charge in [-0.05, 0) is 5.56 Å². The van der Waals surface area contributed by atoms with Crippen LogP contribution in [0.5, 0.6) is 0 Å². The maximum Gasteiger partial charge on any atom is 0.315 e. The number of carbonyl (C=O) groups is 2. The highest BCUT2D eigenvalue weighted by Gasteiger charge is 2.21. The molecule has 0 aliphatic rings. The number of thioether (sulfide) groups is 1. The Labute approximate surface area is 129 Å². The number of amides is 1. The predicted molar refractivity (Wildman–Crippen MR) is 84.9 cm³/mol. The van der Waals surface area contributed by atoms with Crippen LogP contribution in [0.4, 0.5) is 0 Å². The van der Waals surface area contributed by atoms with Crippen molar-refractivity contribution in [2.24, 2.45) is 11.7 Å². The van der Waals surface area contributed by atoms with Crippen LogP contribution >= 0.6 is 11.8 Å². The normalized spacial score (nSPS) is 13.3. The molecule has 0 aliphatic carbocycles. The summed E-state index contributed by atoms with van der Waals surface area (Å²) in [5.74, 6) is 0.313. The van der Waals surface area contributed by atoms with E-state index in [1.165, 1.54) is 18.9 Å². The summed E-state index contributed by atoms with van der Waals surface area (Å²) in [6.45, 7) is 2.32. The van der Waals surface area contributed by atoms with Crippen molar-refractivity contribution in [2.45, 2.75) is 13.0 Å². The minimum absolute atomic E-state index is 0.0787. The molecule has 0 radical (unpaired) electrons. The van der Waals surface area contributed by atoms with Crippen LogP contribution in [-0.2, 0) is 14.3 Å². The fourth-order valence-electron chi connectivity index (χ4n) is 1.75. The van der Waals surface area contributed by atoms with Crippen molar-refractivity contribution < 1.29 is 14.3 Å². The largest absolute Gasteiger partial charge is 0.468 e. The summed E-state index contributed by atoms with van der Waals surface area (Å²) in [7, 11) is 1.36. The Bertz CT molecular complexity index is 453. The van der Waals surface area contributed by atoms with Crippen molar-refractivity contribution in [2.75, 3.05) is 25.2 Å². The van der Waals surface area contributed by atoms with E-state index >= 15 is 0 Å². The molecule has 0 fully saturated rings. The van der Waals surface area contributed by atoms with Crippen LogP contribution in [0.25, 0.3) is 0 Å². The first-order chi connectivity index (χ1) is 10.1. The van der Waals surface area contributed by atoms with Crippen LogP contribution in [0.3, 0.4) is 0 Å². The molecule has 3 N–H and O–H groups in total. The van der Waals surface area contributed by atoms with Gasteiger partial charge in [0.25, 0.3) is 0 Å². The zero-order valence-electron chi connectivity index (χ0n) is 12.4. The summed E-state index contributed by atoms with van der Waals surface area (Å²) in [6, 6.07) is 9.24. The molecule has 6 heteroatoms. The lowest BCUT2D eigenvalue weighted by atomic mass is 9.95. The Morgan fingerprint density at radius 3 is 2.62 bits per heavy atom.